The van der Waals surface area contributed by atoms with Crippen LogP contribution in [0.2, 0.25) is 5.02 Å². The van der Waals surface area contributed by atoms with Gasteiger partial charge in [0.1, 0.15) is 23.7 Å². The standard InChI is InChI=1S/C10H8ClN3O4/c1-6-9(13-18-12-6)5-17-10-4-7(14(15)16)2-3-8(10)11/h2-4H,5H2,1H3. The van der Waals surface area contributed by atoms with Crippen molar-refractivity contribution in [3.8, 4) is 5.75 Å². The zero-order chi connectivity index (χ0) is 13.1. The van der Waals surface area contributed by atoms with Crippen molar-refractivity contribution in [2.45, 2.75) is 13.5 Å². The van der Waals surface area contributed by atoms with E-state index in [0.29, 0.717) is 11.4 Å². The number of nitro groups is 1. The summed E-state index contributed by atoms with van der Waals surface area (Å²) in [7, 11) is 0. The average Bonchev–Trinajstić information content (AvgIpc) is 2.73. The van der Waals surface area contributed by atoms with Crippen LogP contribution in [0.5, 0.6) is 5.75 Å². The number of hydrogen-bond donors (Lipinski definition) is 0. The molecule has 0 bridgehead atoms. The van der Waals surface area contributed by atoms with Crippen LogP contribution in [-0.2, 0) is 6.61 Å². The van der Waals surface area contributed by atoms with Gasteiger partial charge < -0.3 is 4.74 Å². The third-order valence-corrected chi connectivity index (χ3v) is 2.55. The van der Waals surface area contributed by atoms with Crippen molar-refractivity contribution in [3.05, 3.63) is 44.7 Å². The van der Waals surface area contributed by atoms with E-state index in [9.17, 15) is 10.1 Å². The van der Waals surface area contributed by atoms with Gasteiger partial charge in [0.25, 0.3) is 5.69 Å². The van der Waals surface area contributed by atoms with Crippen molar-refractivity contribution in [2.24, 2.45) is 0 Å². The van der Waals surface area contributed by atoms with E-state index in [2.05, 4.69) is 14.9 Å². The summed E-state index contributed by atoms with van der Waals surface area (Å²) in [5, 5.41) is 18.1. The quantitative estimate of drug-likeness (QED) is 0.625. The monoisotopic (exact) mass is 269 g/mol. The van der Waals surface area contributed by atoms with Gasteiger partial charge in [0.05, 0.1) is 16.0 Å². The smallest absolute Gasteiger partial charge is 0.273 e. The second-order valence-corrected chi connectivity index (χ2v) is 3.86. The van der Waals surface area contributed by atoms with Gasteiger partial charge in [-0.25, -0.2) is 4.63 Å². The summed E-state index contributed by atoms with van der Waals surface area (Å²) >= 11 is 5.87. The van der Waals surface area contributed by atoms with Crippen molar-refractivity contribution in [3.63, 3.8) is 0 Å². The molecule has 0 aliphatic rings. The Kier molecular flexibility index (Phi) is 3.42. The molecular weight excluding hydrogens is 262 g/mol. The third kappa shape index (κ3) is 2.57. The van der Waals surface area contributed by atoms with Crippen LogP contribution >= 0.6 is 11.6 Å². The molecule has 1 aromatic carbocycles. The molecule has 0 unspecified atom stereocenters. The van der Waals surface area contributed by atoms with E-state index < -0.39 is 4.92 Å². The highest BCUT2D eigenvalue weighted by Gasteiger charge is 2.12. The first-order chi connectivity index (χ1) is 8.58. The number of hydrogen-bond acceptors (Lipinski definition) is 6. The van der Waals surface area contributed by atoms with E-state index in [-0.39, 0.29) is 23.1 Å². The number of ether oxygens (including phenoxy) is 1. The first-order valence-electron chi connectivity index (χ1n) is 4.92. The van der Waals surface area contributed by atoms with Gasteiger partial charge in [-0.3, -0.25) is 10.1 Å². The Labute approximate surface area is 106 Å². The zero-order valence-electron chi connectivity index (χ0n) is 9.29. The molecule has 0 aliphatic heterocycles. The van der Waals surface area contributed by atoms with E-state index in [1.165, 1.54) is 18.2 Å². The lowest BCUT2D eigenvalue weighted by Gasteiger charge is -2.05. The molecule has 1 heterocycles. The molecule has 94 valence electrons. The summed E-state index contributed by atoms with van der Waals surface area (Å²) in [4.78, 5) is 10.1. The molecule has 18 heavy (non-hydrogen) atoms. The SMILES string of the molecule is Cc1nonc1COc1cc([N+](=O)[O-])ccc1Cl. The fourth-order valence-corrected chi connectivity index (χ4v) is 1.41. The molecular formula is C10H8ClN3O4. The predicted octanol–water partition coefficient (Wildman–Crippen LogP) is 2.52. The van der Waals surface area contributed by atoms with Crippen LogP contribution in [0.25, 0.3) is 0 Å². The third-order valence-electron chi connectivity index (χ3n) is 2.24. The summed E-state index contributed by atoms with van der Waals surface area (Å²) in [6.07, 6.45) is 0. The number of nitro benzene ring substituents is 1. The van der Waals surface area contributed by atoms with Crippen molar-refractivity contribution in [1.29, 1.82) is 0 Å². The summed E-state index contributed by atoms with van der Waals surface area (Å²) in [5.74, 6) is 0.216. The molecule has 7 nitrogen and oxygen atoms in total. The first-order valence-corrected chi connectivity index (χ1v) is 5.30. The Morgan fingerprint density at radius 1 is 1.50 bits per heavy atom. The lowest BCUT2D eigenvalue weighted by molar-refractivity contribution is -0.384. The Balaban J connectivity index is 2.16. The number of aromatic nitrogens is 2. The molecule has 0 radical (unpaired) electrons. The molecule has 2 rings (SSSR count). The second kappa shape index (κ2) is 5.01. The van der Waals surface area contributed by atoms with Crippen LogP contribution in [0.1, 0.15) is 11.4 Å². The van der Waals surface area contributed by atoms with Crippen molar-refractivity contribution in [1.82, 2.24) is 10.3 Å². The van der Waals surface area contributed by atoms with Gasteiger partial charge in [0, 0.05) is 6.07 Å². The molecule has 0 atom stereocenters. The number of non-ortho nitro benzene ring substituents is 1. The zero-order valence-corrected chi connectivity index (χ0v) is 10.0. The Morgan fingerprint density at radius 2 is 2.28 bits per heavy atom. The molecule has 8 heteroatoms. The molecule has 0 saturated heterocycles. The lowest BCUT2D eigenvalue weighted by atomic mass is 10.3. The molecule has 1 aromatic heterocycles. The lowest BCUT2D eigenvalue weighted by Crippen LogP contribution is -1.99. The Morgan fingerprint density at radius 3 is 2.89 bits per heavy atom. The highest BCUT2D eigenvalue weighted by molar-refractivity contribution is 6.32. The van der Waals surface area contributed by atoms with Crippen LogP contribution in [0.3, 0.4) is 0 Å². The minimum Gasteiger partial charge on any atom is -0.485 e. The predicted molar refractivity (Wildman–Crippen MR) is 61.5 cm³/mol. The topological polar surface area (TPSA) is 91.3 Å². The fraction of sp³-hybridized carbons (Fsp3) is 0.200. The van der Waals surface area contributed by atoms with Crippen LogP contribution in [0, 0.1) is 17.0 Å². The molecule has 0 fully saturated rings. The van der Waals surface area contributed by atoms with Gasteiger partial charge in [-0.2, -0.15) is 0 Å². The largest absolute Gasteiger partial charge is 0.485 e. The van der Waals surface area contributed by atoms with Gasteiger partial charge in [0.15, 0.2) is 0 Å². The van der Waals surface area contributed by atoms with Crippen LogP contribution in [0.4, 0.5) is 5.69 Å². The minimum atomic E-state index is -0.522. The second-order valence-electron chi connectivity index (χ2n) is 3.46. The van der Waals surface area contributed by atoms with Gasteiger partial charge in [0.2, 0.25) is 0 Å². The minimum absolute atomic E-state index is 0.0796. The summed E-state index contributed by atoms with van der Waals surface area (Å²) in [6.45, 7) is 1.79. The van der Waals surface area contributed by atoms with E-state index in [1.807, 2.05) is 0 Å². The van der Waals surface area contributed by atoms with E-state index >= 15 is 0 Å². The number of rotatable bonds is 4. The van der Waals surface area contributed by atoms with E-state index in [0.717, 1.165) is 0 Å². The van der Waals surface area contributed by atoms with Gasteiger partial charge in [-0.1, -0.05) is 21.9 Å². The van der Waals surface area contributed by atoms with Crippen LogP contribution in [-0.4, -0.2) is 15.2 Å². The molecule has 0 spiro atoms. The van der Waals surface area contributed by atoms with E-state index in [4.69, 9.17) is 16.3 Å². The Bertz CT molecular complexity index is 584. The molecule has 0 saturated carbocycles. The first kappa shape index (κ1) is 12.3. The summed E-state index contributed by atoms with van der Waals surface area (Å²) < 4.78 is 9.86. The fourth-order valence-electron chi connectivity index (χ4n) is 1.24. The number of nitrogens with zero attached hydrogens (tertiary/aromatic N) is 3. The van der Waals surface area contributed by atoms with Crippen molar-refractivity contribution in [2.75, 3.05) is 0 Å². The van der Waals surface area contributed by atoms with Crippen LogP contribution in [0.15, 0.2) is 22.8 Å². The van der Waals surface area contributed by atoms with Gasteiger partial charge in [-0.15, -0.1) is 0 Å². The van der Waals surface area contributed by atoms with Crippen molar-refractivity contribution < 1.29 is 14.3 Å². The summed E-state index contributed by atoms with van der Waals surface area (Å²) in [5.41, 5.74) is 1.01. The van der Waals surface area contributed by atoms with Gasteiger partial charge in [-0.05, 0) is 13.0 Å². The van der Waals surface area contributed by atoms with E-state index in [1.54, 1.807) is 6.92 Å². The highest BCUT2D eigenvalue weighted by Crippen LogP contribution is 2.29. The van der Waals surface area contributed by atoms with Crippen molar-refractivity contribution >= 4 is 17.3 Å². The number of aryl methyl sites for hydroxylation is 1. The maximum Gasteiger partial charge on any atom is 0.273 e. The maximum absolute atomic E-state index is 10.6. The highest BCUT2D eigenvalue weighted by atomic mass is 35.5. The van der Waals surface area contributed by atoms with Crippen LogP contribution < -0.4 is 4.74 Å². The maximum atomic E-state index is 10.6. The molecule has 0 N–H and O–H groups in total. The molecule has 2 aromatic rings. The normalized spacial score (nSPS) is 10.3. The molecule has 0 aliphatic carbocycles. The van der Waals surface area contributed by atoms with Gasteiger partial charge >= 0.3 is 0 Å². The average molecular weight is 270 g/mol. The molecule has 0 amide bonds. The number of benzene rings is 1. The Hall–Kier alpha value is -2.15. The number of halogens is 1. The summed E-state index contributed by atoms with van der Waals surface area (Å²) in [6, 6.07) is 3.96.